The number of aliphatic carboxylic acids is 1. The van der Waals surface area contributed by atoms with Gasteiger partial charge in [-0.1, -0.05) is 0 Å². The number of carboxylic acid groups (broad SMARTS) is 1. The van der Waals surface area contributed by atoms with Gasteiger partial charge < -0.3 is 10.0 Å². The molecule has 8 nitrogen and oxygen atoms in total. The molecular weight excluding hydrogens is 228 g/mol. The molecule has 0 bridgehead atoms. The molecule has 0 saturated carbocycles. The highest BCUT2D eigenvalue weighted by Crippen LogP contribution is 2.23. The fourth-order valence-corrected chi connectivity index (χ4v) is 1.68. The molecule has 8 heteroatoms. The van der Waals surface area contributed by atoms with Gasteiger partial charge in [0.1, 0.15) is 12.4 Å². The Kier molecular flexibility index (Phi) is 2.86. The summed E-state index contributed by atoms with van der Waals surface area (Å²) in [6.45, 7) is 1.15. The smallest absolute Gasteiger partial charge is 0.305 e. The van der Waals surface area contributed by atoms with E-state index >= 15 is 0 Å². The molecule has 0 radical (unpaired) electrons. The summed E-state index contributed by atoms with van der Waals surface area (Å²) in [5.41, 5.74) is -0.156. The lowest BCUT2D eigenvalue weighted by Gasteiger charge is -2.38. The van der Waals surface area contributed by atoms with E-state index in [0.717, 1.165) is 12.4 Å². The van der Waals surface area contributed by atoms with E-state index in [-0.39, 0.29) is 18.0 Å². The summed E-state index contributed by atoms with van der Waals surface area (Å²) in [7, 11) is 0. The average Bonchev–Trinajstić information content (AvgIpc) is 2.23. The van der Waals surface area contributed by atoms with Gasteiger partial charge in [0, 0.05) is 19.0 Å². The first-order valence-electron chi connectivity index (χ1n) is 4.99. The molecule has 1 aliphatic rings. The lowest BCUT2D eigenvalue weighted by atomic mass is 9.97. The van der Waals surface area contributed by atoms with Crippen molar-refractivity contribution in [2.45, 2.75) is 6.42 Å². The Bertz CT molecular complexity index is 441. The minimum atomic E-state index is -0.820. The molecule has 1 N–H and O–H groups in total. The molecule has 1 aliphatic heterocycles. The number of aromatic nitrogens is 2. The molecule has 1 fully saturated rings. The van der Waals surface area contributed by atoms with Gasteiger partial charge in [0.15, 0.2) is 0 Å². The number of nitro groups is 1. The van der Waals surface area contributed by atoms with Gasteiger partial charge >= 0.3 is 11.7 Å². The summed E-state index contributed by atoms with van der Waals surface area (Å²) >= 11 is 0. The summed E-state index contributed by atoms with van der Waals surface area (Å²) in [6, 6.07) is 0. The third-order valence-electron chi connectivity index (χ3n) is 2.54. The van der Waals surface area contributed by atoms with Crippen molar-refractivity contribution in [2.24, 2.45) is 5.92 Å². The zero-order valence-corrected chi connectivity index (χ0v) is 8.81. The fraction of sp³-hybridized carbons (Fsp3) is 0.444. The van der Waals surface area contributed by atoms with Crippen LogP contribution in [0.15, 0.2) is 12.4 Å². The standard InChI is InChI=1S/C9H10N4O4/c14-8(15)1-6-4-12(5-6)9-10-2-7(3-11-9)13(16)17/h2-3,6H,1,4-5H2,(H,14,15). The van der Waals surface area contributed by atoms with Crippen LogP contribution in [0.1, 0.15) is 6.42 Å². The molecule has 0 spiro atoms. The van der Waals surface area contributed by atoms with Crippen LogP contribution in [-0.2, 0) is 4.79 Å². The van der Waals surface area contributed by atoms with E-state index in [0.29, 0.717) is 19.0 Å². The number of carboxylic acids is 1. The number of anilines is 1. The Morgan fingerprint density at radius 1 is 1.53 bits per heavy atom. The Balaban J connectivity index is 1.93. The van der Waals surface area contributed by atoms with E-state index in [1.54, 1.807) is 4.90 Å². The number of hydrogen-bond acceptors (Lipinski definition) is 6. The van der Waals surface area contributed by atoms with Gasteiger partial charge in [-0.15, -0.1) is 0 Å². The molecule has 0 aromatic carbocycles. The number of nitrogens with zero attached hydrogens (tertiary/aromatic N) is 4. The molecule has 0 unspecified atom stereocenters. The Labute approximate surface area is 96.1 Å². The quantitative estimate of drug-likeness (QED) is 0.593. The molecule has 0 aliphatic carbocycles. The molecule has 2 heterocycles. The summed E-state index contributed by atoms with van der Waals surface area (Å²) in [5.74, 6) is -0.317. The van der Waals surface area contributed by atoms with Crippen molar-refractivity contribution in [1.82, 2.24) is 9.97 Å². The minimum Gasteiger partial charge on any atom is -0.481 e. The average molecular weight is 238 g/mol. The summed E-state index contributed by atoms with van der Waals surface area (Å²) in [6.07, 6.45) is 2.42. The van der Waals surface area contributed by atoms with E-state index in [1.807, 2.05) is 0 Å². The van der Waals surface area contributed by atoms with Crippen molar-refractivity contribution in [3.8, 4) is 0 Å². The molecule has 1 aromatic rings. The zero-order chi connectivity index (χ0) is 12.4. The molecular formula is C9H10N4O4. The third-order valence-corrected chi connectivity index (χ3v) is 2.54. The second-order valence-electron chi connectivity index (χ2n) is 3.87. The van der Waals surface area contributed by atoms with Crippen LogP contribution in [0.25, 0.3) is 0 Å². The van der Waals surface area contributed by atoms with Crippen molar-refractivity contribution >= 4 is 17.6 Å². The normalized spacial score (nSPS) is 15.4. The van der Waals surface area contributed by atoms with E-state index in [2.05, 4.69) is 9.97 Å². The van der Waals surface area contributed by atoms with Gasteiger partial charge in [-0.2, -0.15) is 0 Å². The maximum atomic E-state index is 10.4. The van der Waals surface area contributed by atoms with Crippen molar-refractivity contribution < 1.29 is 14.8 Å². The van der Waals surface area contributed by atoms with Crippen molar-refractivity contribution in [3.05, 3.63) is 22.5 Å². The second kappa shape index (κ2) is 4.32. The van der Waals surface area contributed by atoms with Crippen LogP contribution in [0, 0.1) is 16.0 Å². The second-order valence-corrected chi connectivity index (χ2v) is 3.87. The number of rotatable bonds is 4. The minimum absolute atomic E-state index is 0.103. The predicted molar refractivity (Wildman–Crippen MR) is 56.6 cm³/mol. The summed E-state index contributed by atoms with van der Waals surface area (Å²) in [4.78, 5) is 29.8. The first kappa shape index (κ1) is 11.2. The van der Waals surface area contributed by atoms with Crippen LogP contribution < -0.4 is 4.90 Å². The van der Waals surface area contributed by atoms with Crippen molar-refractivity contribution in [3.63, 3.8) is 0 Å². The molecule has 1 saturated heterocycles. The highest BCUT2D eigenvalue weighted by atomic mass is 16.6. The van der Waals surface area contributed by atoms with Crippen molar-refractivity contribution in [2.75, 3.05) is 18.0 Å². The summed E-state index contributed by atoms with van der Waals surface area (Å²) in [5, 5.41) is 19.0. The molecule has 17 heavy (non-hydrogen) atoms. The van der Waals surface area contributed by atoms with Crippen LogP contribution in [0.2, 0.25) is 0 Å². The monoisotopic (exact) mass is 238 g/mol. The van der Waals surface area contributed by atoms with Crippen LogP contribution in [0.5, 0.6) is 0 Å². The Morgan fingerprint density at radius 3 is 2.59 bits per heavy atom. The van der Waals surface area contributed by atoms with Gasteiger partial charge in [-0.05, 0) is 0 Å². The fourth-order valence-electron chi connectivity index (χ4n) is 1.68. The van der Waals surface area contributed by atoms with Gasteiger partial charge in [-0.25, -0.2) is 9.97 Å². The van der Waals surface area contributed by atoms with Crippen LogP contribution in [0.4, 0.5) is 11.6 Å². The van der Waals surface area contributed by atoms with Crippen LogP contribution >= 0.6 is 0 Å². The first-order valence-corrected chi connectivity index (χ1v) is 4.99. The summed E-state index contributed by atoms with van der Waals surface area (Å²) < 4.78 is 0. The van der Waals surface area contributed by atoms with Crippen LogP contribution in [0.3, 0.4) is 0 Å². The first-order chi connectivity index (χ1) is 8.06. The Hall–Kier alpha value is -2.25. The maximum Gasteiger partial charge on any atom is 0.305 e. The van der Waals surface area contributed by atoms with E-state index < -0.39 is 10.9 Å². The van der Waals surface area contributed by atoms with Gasteiger partial charge in [0.05, 0.1) is 11.3 Å². The SMILES string of the molecule is O=C(O)CC1CN(c2ncc([N+](=O)[O-])cn2)C1. The predicted octanol–water partition coefficient (Wildman–Crippen LogP) is 0.296. The van der Waals surface area contributed by atoms with E-state index in [4.69, 9.17) is 5.11 Å². The molecule has 90 valence electrons. The van der Waals surface area contributed by atoms with E-state index in [1.165, 1.54) is 0 Å². The van der Waals surface area contributed by atoms with Crippen LogP contribution in [-0.4, -0.2) is 39.1 Å². The maximum absolute atomic E-state index is 10.4. The molecule has 0 atom stereocenters. The Morgan fingerprint density at radius 2 is 2.12 bits per heavy atom. The highest BCUT2D eigenvalue weighted by Gasteiger charge is 2.30. The molecule has 0 amide bonds. The van der Waals surface area contributed by atoms with E-state index in [9.17, 15) is 14.9 Å². The zero-order valence-electron chi connectivity index (χ0n) is 8.81. The number of carbonyl (C=O) groups is 1. The molecule has 2 rings (SSSR count). The third kappa shape index (κ3) is 2.47. The number of hydrogen-bond donors (Lipinski definition) is 1. The topological polar surface area (TPSA) is 109 Å². The van der Waals surface area contributed by atoms with Crippen molar-refractivity contribution in [1.29, 1.82) is 0 Å². The van der Waals surface area contributed by atoms with Gasteiger partial charge in [0.25, 0.3) is 0 Å². The highest BCUT2D eigenvalue weighted by molar-refractivity contribution is 5.67. The lowest BCUT2D eigenvalue weighted by molar-refractivity contribution is -0.385. The van der Waals surface area contributed by atoms with Gasteiger partial charge in [-0.3, -0.25) is 14.9 Å². The van der Waals surface area contributed by atoms with Gasteiger partial charge in [0.2, 0.25) is 5.95 Å². The molecule has 1 aromatic heterocycles. The largest absolute Gasteiger partial charge is 0.481 e. The lowest BCUT2D eigenvalue weighted by Crippen LogP contribution is -2.48.